The molecule has 3 rings (SSSR count). The Kier molecular flexibility index (Phi) is 8.50. The monoisotopic (exact) mass is 382 g/mol. The third kappa shape index (κ3) is 4.62. The molecule has 0 bridgehead atoms. The summed E-state index contributed by atoms with van der Waals surface area (Å²) in [6.45, 7) is 2.29. The number of hydrogen-bond acceptors (Lipinski definition) is 0. The molecule has 1 unspecified atom stereocenters. The standard InChI is InChI=1S/C24H29P.H3P/c1-2-3-4-14-21-25(22-15-8-5-9-16-22,23-17-10-6-11-18-23)24-19-12-7-13-20-24;/h5-13,15-20,25H,2-4,14,21H2,1H3;1H3. The molecule has 26 heavy (non-hydrogen) atoms. The van der Waals surface area contributed by atoms with Crippen molar-refractivity contribution in [3.05, 3.63) is 91.0 Å². The Morgan fingerprint density at radius 1 is 0.538 bits per heavy atom. The second kappa shape index (κ2) is 10.6. The molecule has 0 N–H and O–H groups in total. The Balaban J connectivity index is 0.00000243. The zero-order valence-electron chi connectivity index (χ0n) is 15.9. The molecule has 3 aromatic carbocycles. The van der Waals surface area contributed by atoms with Crippen molar-refractivity contribution in [2.75, 3.05) is 6.16 Å². The predicted octanol–water partition coefficient (Wildman–Crippen LogP) is 5.35. The van der Waals surface area contributed by atoms with Crippen molar-refractivity contribution in [1.82, 2.24) is 0 Å². The molecule has 2 heteroatoms. The smallest absolute Gasteiger partial charge is 0.153 e. The Morgan fingerprint density at radius 3 is 1.27 bits per heavy atom. The zero-order valence-corrected chi connectivity index (χ0v) is 18.3. The first-order valence-electron chi connectivity index (χ1n) is 9.54. The average molecular weight is 382 g/mol. The van der Waals surface area contributed by atoms with E-state index in [-0.39, 0.29) is 9.90 Å². The number of unbranched alkanes of at least 4 members (excludes halogenated alkanes) is 3. The topological polar surface area (TPSA) is 0 Å². The molecule has 0 saturated carbocycles. The summed E-state index contributed by atoms with van der Waals surface area (Å²) in [7, 11) is -1.97. The molecule has 0 radical (unpaired) electrons. The molecule has 1 atom stereocenters. The van der Waals surface area contributed by atoms with Gasteiger partial charge in [0.15, 0.2) is 0 Å². The van der Waals surface area contributed by atoms with Gasteiger partial charge in [0.1, 0.15) is 0 Å². The Bertz CT molecular complexity index is 642. The summed E-state index contributed by atoms with van der Waals surface area (Å²) >= 11 is 0. The van der Waals surface area contributed by atoms with E-state index in [0.717, 1.165) is 0 Å². The maximum absolute atomic E-state index is 2.35. The van der Waals surface area contributed by atoms with Crippen LogP contribution in [0.5, 0.6) is 0 Å². The summed E-state index contributed by atoms with van der Waals surface area (Å²) in [6.07, 6.45) is 6.54. The summed E-state index contributed by atoms with van der Waals surface area (Å²) in [6, 6.07) is 33.7. The zero-order chi connectivity index (χ0) is 17.4. The van der Waals surface area contributed by atoms with E-state index in [0.29, 0.717) is 0 Å². The molecule has 3 aromatic rings. The molecule has 0 saturated heterocycles. The summed E-state index contributed by atoms with van der Waals surface area (Å²) in [5.74, 6) is 0. The van der Waals surface area contributed by atoms with Gasteiger partial charge in [0.25, 0.3) is 0 Å². The minimum absolute atomic E-state index is 0. The quantitative estimate of drug-likeness (QED) is 0.364. The van der Waals surface area contributed by atoms with Gasteiger partial charge in [-0.15, -0.1) is 0 Å². The predicted molar refractivity (Wildman–Crippen MR) is 127 cm³/mol. The van der Waals surface area contributed by atoms with E-state index in [1.165, 1.54) is 47.8 Å². The number of benzene rings is 3. The molecule has 0 fully saturated rings. The third-order valence-electron chi connectivity index (χ3n) is 5.21. The van der Waals surface area contributed by atoms with Crippen LogP contribution in [0.3, 0.4) is 0 Å². The van der Waals surface area contributed by atoms with Gasteiger partial charge in [-0.2, -0.15) is 9.90 Å². The van der Waals surface area contributed by atoms with E-state index >= 15 is 0 Å². The van der Waals surface area contributed by atoms with Crippen molar-refractivity contribution in [2.45, 2.75) is 32.6 Å². The molecule has 0 amide bonds. The van der Waals surface area contributed by atoms with Gasteiger partial charge in [0, 0.05) is 0 Å². The van der Waals surface area contributed by atoms with E-state index in [2.05, 4.69) is 97.9 Å². The van der Waals surface area contributed by atoms with Gasteiger partial charge in [-0.25, -0.2) is 0 Å². The SMILES string of the molecule is CCCCCC[PH](c1ccccc1)(c1ccccc1)c1ccccc1.P. The Labute approximate surface area is 163 Å². The molecular weight excluding hydrogens is 350 g/mol. The Morgan fingerprint density at radius 2 is 0.923 bits per heavy atom. The van der Waals surface area contributed by atoms with Crippen molar-refractivity contribution in [2.24, 2.45) is 0 Å². The first-order valence-corrected chi connectivity index (χ1v) is 11.7. The van der Waals surface area contributed by atoms with Crippen molar-refractivity contribution < 1.29 is 0 Å². The fourth-order valence-electron chi connectivity index (χ4n) is 3.92. The van der Waals surface area contributed by atoms with Crippen molar-refractivity contribution in [3.63, 3.8) is 0 Å². The molecule has 0 aliphatic heterocycles. The van der Waals surface area contributed by atoms with Crippen molar-refractivity contribution in [1.29, 1.82) is 0 Å². The second-order valence-electron chi connectivity index (χ2n) is 6.81. The van der Waals surface area contributed by atoms with E-state index in [1.54, 1.807) is 0 Å². The number of hydrogen-bond donors (Lipinski definition) is 0. The Hall–Kier alpha value is -1.48. The molecule has 0 aliphatic rings. The first kappa shape index (κ1) is 20.8. The van der Waals surface area contributed by atoms with Crippen LogP contribution in [0.2, 0.25) is 0 Å². The van der Waals surface area contributed by atoms with Crippen molar-refractivity contribution >= 4 is 33.1 Å². The van der Waals surface area contributed by atoms with Crippen LogP contribution in [0.15, 0.2) is 91.0 Å². The normalized spacial score (nSPS) is 11.6. The van der Waals surface area contributed by atoms with Crippen LogP contribution >= 0.6 is 17.2 Å². The maximum Gasteiger partial charge on any atom is -0.153 e. The van der Waals surface area contributed by atoms with Crippen LogP contribution in [0, 0.1) is 0 Å². The van der Waals surface area contributed by atoms with Gasteiger partial charge >= 0.3 is 153 Å². The van der Waals surface area contributed by atoms with Crippen LogP contribution in [-0.4, -0.2) is 6.16 Å². The second-order valence-corrected chi connectivity index (χ2v) is 10.9. The summed E-state index contributed by atoms with van der Waals surface area (Å²) < 4.78 is 0. The largest absolute Gasteiger partial charge is 0.153 e. The van der Waals surface area contributed by atoms with E-state index < -0.39 is 7.26 Å². The average Bonchev–Trinajstić information content (AvgIpc) is 2.70. The van der Waals surface area contributed by atoms with Gasteiger partial charge < -0.3 is 0 Å². The minimum atomic E-state index is -1.97. The van der Waals surface area contributed by atoms with Gasteiger partial charge in [-0.05, 0) is 0 Å². The van der Waals surface area contributed by atoms with E-state index in [9.17, 15) is 0 Å². The summed E-state index contributed by atoms with van der Waals surface area (Å²) in [5.41, 5.74) is 0. The maximum atomic E-state index is 2.35. The van der Waals surface area contributed by atoms with Gasteiger partial charge in [0.05, 0.1) is 0 Å². The van der Waals surface area contributed by atoms with E-state index in [1.807, 2.05) is 0 Å². The van der Waals surface area contributed by atoms with Gasteiger partial charge in [-0.3, -0.25) is 0 Å². The first-order chi connectivity index (χ1) is 12.4. The molecule has 0 nitrogen and oxygen atoms in total. The summed E-state index contributed by atoms with van der Waals surface area (Å²) in [5, 5.41) is 4.59. The summed E-state index contributed by atoms with van der Waals surface area (Å²) in [4.78, 5) is 0. The molecular formula is C24H32P2. The van der Waals surface area contributed by atoms with Crippen LogP contribution in [0.1, 0.15) is 32.6 Å². The minimum Gasteiger partial charge on any atom is -0.153 e. The fourth-order valence-corrected chi connectivity index (χ4v) is 8.85. The molecule has 138 valence electrons. The molecule has 0 heterocycles. The van der Waals surface area contributed by atoms with Gasteiger partial charge in [0.2, 0.25) is 0 Å². The van der Waals surface area contributed by atoms with Crippen LogP contribution in [-0.2, 0) is 0 Å². The molecule has 0 spiro atoms. The molecule has 0 aliphatic carbocycles. The fraction of sp³-hybridized carbons (Fsp3) is 0.250. The van der Waals surface area contributed by atoms with E-state index in [4.69, 9.17) is 0 Å². The molecule has 0 aromatic heterocycles. The van der Waals surface area contributed by atoms with Gasteiger partial charge in [-0.1, -0.05) is 0 Å². The van der Waals surface area contributed by atoms with Crippen LogP contribution in [0.4, 0.5) is 0 Å². The van der Waals surface area contributed by atoms with Crippen LogP contribution in [0.25, 0.3) is 0 Å². The number of rotatable bonds is 8. The third-order valence-corrected chi connectivity index (χ3v) is 10.3. The van der Waals surface area contributed by atoms with Crippen molar-refractivity contribution in [3.8, 4) is 0 Å². The van der Waals surface area contributed by atoms with Crippen LogP contribution < -0.4 is 15.9 Å².